The molecule has 0 aliphatic carbocycles. The van der Waals surface area contributed by atoms with Crippen LogP contribution in [0.25, 0.3) is 0 Å². The van der Waals surface area contributed by atoms with Crippen LogP contribution < -0.4 is 14.5 Å². The highest BCUT2D eigenvalue weighted by Crippen LogP contribution is 2.34. The molecule has 1 atom stereocenters. The number of rotatable bonds is 8. The van der Waals surface area contributed by atoms with Gasteiger partial charge in [-0.05, 0) is 85.6 Å². The van der Waals surface area contributed by atoms with Gasteiger partial charge in [0.15, 0.2) is 21.0 Å². The minimum absolute atomic E-state index is 0.120. The maximum absolute atomic E-state index is 11.0. The van der Waals surface area contributed by atoms with Gasteiger partial charge in [0, 0.05) is 46.0 Å². The summed E-state index contributed by atoms with van der Waals surface area (Å²) in [5.41, 5.74) is 2.41. The molecule has 224 valence electrons. The molecule has 4 rings (SSSR count). The van der Waals surface area contributed by atoms with Crippen LogP contribution >= 0.6 is 0 Å². The summed E-state index contributed by atoms with van der Waals surface area (Å²) in [5.74, 6) is -1.42. The van der Waals surface area contributed by atoms with Crippen molar-refractivity contribution in [2.24, 2.45) is 0 Å². The molecule has 0 saturated carbocycles. The molecule has 1 fully saturated rings. The highest BCUT2D eigenvalue weighted by atomic mass is 32.2. The SMILES string of the molecule is CN(C)c1ccc([S+](c2ccc(OC3CCCCO3)cc2)c2ccc(N(C)C)cc2)cc1.O=S(=O)([O-])CC(F)(F)F. The monoisotopic (exact) mass is 612 g/mol. The Bertz CT molecular complexity index is 1280. The van der Waals surface area contributed by atoms with Gasteiger partial charge < -0.3 is 23.8 Å². The van der Waals surface area contributed by atoms with Crippen molar-refractivity contribution in [3.63, 3.8) is 0 Å². The number of ether oxygens (including phenoxy) is 2. The molecule has 0 radical (unpaired) electrons. The molecule has 0 bridgehead atoms. The Morgan fingerprint density at radius 2 is 1.27 bits per heavy atom. The molecule has 0 spiro atoms. The number of nitrogens with zero attached hydrogens (tertiary/aromatic N) is 2. The van der Waals surface area contributed by atoms with E-state index in [9.17, 15) is 26.1 Å². The fraction of sp³-hybridized carbons (Fsp3) is 0.379. The summed E-state index contributed by atoms with van der Waals surface area (Å²) < 4.78 is 72.8. The van der Waals surface area contributed by atoms with Crippen molar-refractivity contribution in [3.05, 3.63) is 72.8 Å². The number of halogens is 3. The normalized spacial score (nSPS) is 15.6. The van der Waals surface area contributed by atoms with Crippen LogP contribution in [0.4, 0.5) is 24.5 Å². The molecular formula is C29H35F3N2O5S2. The molecule has 1 aliphatic rings. The van der Waals surface area contributed by atoms with Gasteiger partial charge in [0.2, 0.25) is 0 Å². The molecular weight excluding hydrogens is 577 g/mol. The zero-order valence-corrected chi connectivity index (χ0v) is 25.1. The van der Waals surface area contributed by atoms with E-state index >= 15 is 0 Å². The van der Waals surface area contributed by atoms with E-state index in [2.05, 4.69) is 111 Å². The van der Waals surface area contributed by atoms with Gasteiger partial charge >= 0.3 is 6.18 Å². The van der Waals surface area contributed by atoms with Crippen molar-refractivity contribution >= 4 is 32.4 Å². The Hall–Kier alpha value is -2.93. The topological polar surface area (TPSA) is 82.1 Å². The lowest BCUT2D eigenvalue weighted by molar-refractivity contribution is -0.107. The first-order valence-corrected chi connectivity index (χ1v) is 15.7. The molecule has 41 heavy (non-hydrogen) atoms. The van der Waals surface area contributed by atoms with E-state index in [1.165, 1.54) is 26.1 Å². The van der Waals surface area contributed by atoms with Crippen LogP contribution in [0.3, 0.4) is 0 Å². The molecule has 12 heteroatoms. The lowest BCUT2D eigenvalue weighted by atomic mass is 10.2. The number of alkyl halides is 3. The molecule has 1 heterocycles. The van der Waals surface area contributed by atoms with Gasteiger partial charge in [-0.2, -0.15) is 13.2 Å². The van der Waals surface area contributed by atoms with Crippen LogP contribution in [-0.2, 0) is 25.7 Å². The van der Waals surface area contributed by atoms with Gasteiger partial charge in [-0.25, -0.2) is 8.42 Å². The van der Waals surface area contributed by atoms with E-state index in [1.807, 2.05) is 0 Å². The Labute approximate surface area is 243 Å². The maximum Gasteiger partial charge on any atom is 0.401 e. The first-order chi connectivity index (χ1) is 19.2. The third kappa shape index (κ3) is 10.8. The second-order valence-corrected chi connectivity index (χ2v) is 13.2. The van der Waals surface area contributed by atoms with Crippen LogP contribution in [0.15, 0.2) is 87.5 Å². The standard InChI is InChI=1S/C27H33N2O2S.C2H3F3O3S/c1-28(2)21-8-14-24(15-9-21)32(25-16-10-22(11-17-25)29(3)4)26-18-12-23(13-19-26)31-27-7-5-6-20-30-27;3-2(4,5)1-9(6,7)8/h8-19,27H,5-7,20H2,1-4H3;1H2,(H,6,7,8)/q+1;/p-1. The van der Waals surface area contributed by atoms with Crippen molar-refractivity contribution in [1.82, 2.24) is 0 Å². The Kier molecular flexibility index (Phi) is 11.4. The van der Waals surface area contributed by atoms with Gasteiger partial charge in [-0.1, -0.05) is 0 Å². The highest BCUT2D eigenvalue weighted by molar-refractivity contribution is 7.97. The predicted octanol–water partition coefficient (Wildman–Crippen LogP) is 5.91. The van der Waals surface area contributed by atoms with Gasteiger partial charge in [0.1, 0.15) is 21.6 Å². The summed E-state index contributed by atoms with van der Waals surface area (Å²) in [4.78, 5) is 8.15. The van der Waals surface area contributed by atoms with E-state index in [0.717, 1.165) is 31.6 Å². The summed E-state index contributed by atoms with van der Waals surface area (Å²) in [6.07, 6.45) is -1.78. The van der Waals surface area contributed by atoms with Gasteiger partial charge in [-0.15, -0.1) is 0 Å². The molecule has 1 unspecified atom stereocenters. The highest BCUT2D eigenvalue weighted by Gasteiger charge is 2.31. The van der Waals surface area contributed by atoms with E-state index in [1.54, 1.807) is 0 Å². The minimum Gasteiger partial charge on any atom is -0.748 e. The van der Waals surface area contributed by atoms with Crippen molar-refractivity contribution in [1.29, 1.82) is 0 Å². The van der Waals surface area contributed by atoms with Crippen LogP contribution in [0.2, 0.25) is 0 Å². The van der Waals surface area contributed by atoms with E-state index in [-0.39, 0.29) is 17.2 Å². The summed E-state index contributed by atoms with van der Waals surface area (Å²) in [7, 11) is 2.94. The van der Waals surface area contributed by atoms with E-state index in [4.69, 9.17) is 9.47 Å². The fourth-order valence-corrected chi connectivity index (χ4v) is 6.42. The summed E-state index contributed by atoms with van der Waals surface area (Å²) in [5, 5.41) is 0. The Balaban J connectivity index is 0.000000445. The molecule has 0 amide bonds. The van der Waals surface area contributed by atoms with Crippen molar-refractivity contribution in [2.75, 3.05) is 50.4 Å². The van der Waals surface area contributed by atoms with Crippen LogP contribution in [0.5, 0.6) is 5.75 Å². The van der Waals surface area contributed by atoms with Gasteiger partial charge in [-0.3, -0.25) is 0 Å². The molecule has 1 aliphatic heterocycles. The van der Waals surface area contributed by atoms with Crippen molar-refractivity contribution in [2.45, 2.75) is 46.4 Å². The molecule has 0 aromatic heterocycles. The zero-order valence-electron chi connectivity index (χ0n) is 23.4. The molecule has 1 saturated heterocycles. The summed E-state index contributed by atoms with van der Waals surface area (Å²) in [6.45, 7) is 0.790. The van der Waals surface area contributed by atoms with Crippen molar-refractivity contribution < 1.29 is 35.6 Å². The second-order valence-electron chi connectivity index (χ2n) is 9.79. The fourth-order valence-electron chi connectivity index (χ4n) is 3.98. The summed E-state index contributed by atoms with van der Waals surface area (Å²) >= 11 is 0. The first kappa shape index (κ1) is 32.6. The van der Waals surface area contributed by atoms with Gasteiger partial charge in [0.05, 0.1) is 17.5 Å². The summed E-state index contributed by atoms with van der Waals surface area (Å²) in [6, 6.07) is 26.3. The smallest absolute Gasteiger partial charge is 0.401 e. The third-order valence-corrected chi connectivity index (χ3v) is 8.89. The number of hydrogen-bond donors (Lipinski definition) is 0. The van der Waals surface area contributed by atoms with Crippen molar-refractivity contribution in [3.8, 4) is 5.75 Å². The molecule has 7 nitrogen and oxygen atoms in total. The second kappa shape index (κ2) is 14.3. The van der Waals surface area contributed by atoms with E-state index in [0.29, 0.717) is 0 Å². The molecule has 3 aromatic carbocycles. The molecule has 0 N–H and O–H groups in total. The van der Waals surface area contributed by atoms with E-state index < -0.39 is 22.0 Å². The largest absolute Gasteiger partial charge is 0.748 e. The number of anilines is 2. The zero-order chi connectivity index (χ0) is 30.2. The molecule has 3 aromatic rings. The number of hydrogen-bond acceptors (Lipinski definition) is 7. The average Bonchev–Trinajstić information content (AvgIpc) is 2.89. The quantitative estimate of drug-likeness (QED) is 0.231. The lowest BCUT2D eigenvalue weighted by Crippen LogP contribution is -2.24. The van der Waals surface area contributed by atoms with Crippen LogP contribution in [0, 0.1) is 0 Å². The number of benzene rings is 3. The minimum atomic E-state index is -5.16. The first-order valence-electron chi connectivity index (χ1n) is 12.9. The Morgan fingerprint density at radius 3 is 1.59 bits per heavy atom. The third-order valence-electron chi connectivity index (χ3n) is 5.98. The predicted molar refractivity (Wildman–Crippen MR) is 155 cm³/mol. The van der Waals surface area contributed by atoms with Gasteiger partial charge in [0.25, 0.3) is 0 Å². The maximum atomic E-state index is 11.0. The lowest BCUT2D eigenvalue weighted by Gasteiger charge is -2.23. The van der Waals surface area contributed by atoms with Crippen LogP contribution in [0.1, 0.15) is 19.3 Å². The average molecular weight is 613 g/mol. The Morgan fingerprint density at radius 1 is 0.829 bits per heavy atom. The van der Waals surface area contributed by atoms with Crippen LogP contribution in [-0.4, -0.2) is 66.0 Å².